The smallest absolute Gasteiger partial charge is 0.182 e. The third-order valence-corrected chi connectivity index (χ3v) is 4.08. The molecule has 2 aromatic rings. The number of imidazole rings is 1. The van der Waals surface area contributed by atoms with Gasteiger partial charge in [-0.05, 0) is 24.7 Å². The van der Waals surface area contributed by atoms with Crippen molar-refractivity contribution in [3.05, 3.63) is 17.3 Å². The van der Waals surface area contributed by atoms with Gasteiger partial charge in [0.1, 0.15) is 17.7 Å². The Kier molecular flexibility index (Phi) is 3.18. The standard InChI is InChI=1S/C12H15ClN4O/c13-11-10-12(15-6-14-11)17-9(16-10)4-7-2-1-3-8(7)5-18/h6-8,18H,1-5H2,(H,14,15,16,17)/t7-,8-/m0/s1. The van der Waals surface area contributed by atoms with E-state index >= 15 is 0 Å². The molecular weight excluding hydrogens is 252 g/mol. The lowest BCUT2D eigenvalue weighted by Gasteiger charge is -2.15. The van der Waals surface area contributed by atoms with Gasteiger partial charge in [0.2, 0.25) is 0 Å². The molecule has 0 saturated heterocycles. The molecule has 1 aliphatic rings. The van der Waals surface area contributed by atoms with Gasteiger partial charge in [-0.25, -0.2) is 15.0 Å². The molecule has 2 N–H and O–H groups in total. The second-order valence-electron chi connectivity index (χ2n) is 4.88. The average molecular weight is 267 g/mol. The minimum absolute atomic E-state index is 0.269. The zero-order chi connectivity index (χ0) is 12.5. The maximum atomic E-state index is 9.32. The molecule has 0 aliphatic heterocycles. The van der Waals surface area contributed by atoms with Gasteiger partial charge >= 0.3 is 0 Å². The van der Waals surface area contributed by atoms with Crippen LogP contribution in [0.1, 0.15) is 25.1 Å². The summed E-state index contributed by atoms with van der Waals surface area (Å²) in [7, 11) is 0. The highest BCUT2D eigenvalue weighted by Gasteiger charge is 2.27. The molecule has 2 aromatic heterocycles. The number of hydrogen-bond acceptors (Lipinski definition) is 4. The fraction of sp³-hybridized carbons (Fsp3) is 0.583. The van der Waals surface area contributed by atoms with Gasteiger partial charge in [-0.15, -0.1) is 0 Å². The molecule has 5 nitrogen and oxygen atoms in total. The van der Waals surface area contributed by atoms with Gasteiger partial charge in [0.25, 0.3) is 0 Å². The number of aliphatic hydroxyl groups excluding tert-OH is 1. The molecule has 1 saturated carbocycles. The van der Waals surface area contributed by atoms with Gasteiger partial charge in [0.15, 0.2) is 10.8 Å². The van der Waals surface area contributed by atoms with Gasteiger partial charge in [-0.3, -0.25) is 0 Å². The fourth-order valence-corrected chi connectivity index (χ4v) is 2.99. The second-order valence-corrected chi connectivity index (χ2v) is 5.24. The van der Waals surface area contributed by atoms with Crippen molar-refractivity contribution >= 4 is 22.8 Å². The van der Waals surface area contributed by atoms with E-state index in [2.05, 4.69) is 19.9 Å². The molecule has 6 heteroatoms. The Hall–Kier alpha value is -1.20. The summed E-state index contributed by atoms with van der Waals surface area (Å²) in [6, 6.07) is 0. The summed E-state index contributed by atoms with van der Waals surface area (Å²) >= 11 is 5.98. The van der Waals surface area contributed by atoms with Crippen LogP contribution in [0.3, 0.4) is 0 Å². The first-order valence-corrected chi connectivity index (χ1v) is 6.61. The summed E-state index contributed by atoms with van der Waals surface area (Å²) < 4.78 is 0. The number of aromatic nitrogens is 4. The number of rotatable bonds is 3. The summed E-state index contributed by atoms with van der Waals surface area (Å²) in [5.74, 6) is 1.79. The van der Waals surface area contributed by atoms with Gasteiger partial charge in [-0.2, -0.15) is 0 Å². The van der Waals surface area contributed by atoms with Crippen molar-refractivity contribution < 1.29 is 5.11 Å². The van der Waals surface area contributed by atoms with E-state index in [1.54, 1.807) is 0 Å². The van der Waals surface area contributed by atoms with E-state index in [0.717, 1.165) is 25.1 Å². The van der Waals surface area contributed by atoms with Crippen molar-refractivity contribution in [1.82, 2.24) is 19.9 Å². The zero-order valence-electron chi connectivity index (χ0n) is 9.93. The van der Waals surface area contributed by atoms with Gasteiger partial charge in [-0.1, -0.05) is 18.0 Å². The Bertz CT molecular complexity index is 556. The molecule has 0 amide bonds. The van der Waals surface area contributed by atoms with Crippen LogP contribution in [0.2, 0.25) is 5.15 Å². The first-order valence-electron chi connectivity index (χ1n) is 6.24. The predicted molar refractivity (Wildman–Crippen MR) is 68.3 cm³/mol. The summed E-state index contributed by atoms with van der Waals surface area (Å²) in [5.41, 5.74) is 1.32. The molecule has 2 heterocycles. The van der Waals surface area contributed by atoms with Gasteiger partial charge in [0, 0.05) is 13.0 Å². The molecule has 3 rings (SSSR count). The van der Waals surface area contributed by atoms with Crippen LogP contribution in [0, 0.1) is 11.8 Å². The van der Waals surface area contributed by atoms with Crippen LogP contribution in [0.4, 0.5) is 0 Å². The van der Waals surface area contributed by atoms with E-state index in [1.807, 2.05) is 0 Å². The maximum Gasteiger partial charge on any atom is 0.182 e. The molecule has 0 radical (unpaired) electrons. The quantitative estimate of drug-likeness (QED) is 0.833. The number of hydrogen-bond donors (Lipinski definition) is 2. The third kappa shape index (κ3) is 2.08. The molecule has 0 unspecified atom stereocenters. The number of halogens is 1. The number of aliphatic hydroxyl groups is 1. The molecular formula is C12H15ClN4O. The monoisotopic (exact) mass is 266 g/mol. The Morgan fingerprint density at radius 2 is 2.17 bits per heavy atom. The van der Waals surface area contributed by atoms with Crippen molar-refractivity contribution in [2.75, 3.05) is 6.61 Å². The lowest BCUT2D eigenvalue weighted by Crippen LogP contribution is -2.15. The Labute approximate surface area is 110 Å². The lowest BCUT2D eigenvalue weighted by atomic mass is 9.93. The van der Waals surface area contributed by atoms with Crippen molar-refractivity contribution in [2.45, 2.75) is 25.7 Å². The van der Waals surface area contributed by atoms with E-state index in [-0.39, 0.29) is 6.61 Å². The SMILES string of the molecule is OC[C@@H]1CCC[C@H]1Cc1nc2ncnc(Cl)c2[nH]1. The van der Waals surface area contributed by atoms with Crippen molar-refractivity contribution in [2.24, 2.45) is 11.8 Å². The van der Waals surface area contributed by atoms with Crippen LogP contribution in [0.5, 0.6) is 0 Å². The molecule has 0 bridgehead atoms. The van der Waals surface area contributed by atoms with Crippen molar-refractivity contribution in [3.63, 3.8) is 0 Å². The summed E-state index contributed by atoms with van der Waals surface area (Å²) in [6.07, 6.45) is 5.72. The van der Waals surface area contributed by atoms with Crippen molar-refractivity contribution in [3.8, 4) is 0 Å². The zero-order valence-corrected chi connectivity index (χ0v) is 10.7. The van der Waals surface area contributed by atoms with E-state index in [0.29, 0.717) is 28.2 Å². The topological polar surface area (TPSA) is 74.7 Å². The van der Waals surface area contributed by atoms with Crippen LogP contribution in [-0.4, -0.2) is 31.6 Å². The van der Waals surface area contributed by atoms with Crippen LogP contribution in [-0.2, 0) is 6.42 Å². The first kappa shape index (κ1) is 11.9. The lowest BCUT2D eigenvalue weighted by molar-refractivity contribution is 0.193. The number of nitrogens with one attached hydrogen (secondary N) is 1. The van der Waals surface area contributed by atoms with Gasteiger partial charge < -0.3 is 10.1 Å². The summed E-state index contributed by atoms with van der Waals surface area (Å²) in [6.45, 7) is 0.269. The molecule has 1 aliphatic carbocycles. The number of nitrogens with zero attached hydrogens (tertiary/aromatic N) is 3. The highest BCUT2D eigenvalue weighted by atomic mass is 35.5. The van der Waals surface area contributed by atoms with Crippen LogP contribution >= 0.6 is 11.6 Å². The molecule has 0 aromatic carbocycles. The number of H-pyrrole nitrogens is 1. The summed E-state index contributed by atoms with van der Waals surface area (Å²) in [5, 5.41) is 9.73. The maximum absolute atomic E-state index is 9.32. The molecule has 1 fully saturated rings. The Morgan fingerprint density at radius 3 is 2.94 bits per heavy atom. The largest absolute Gasteiger partial charge is 0.396 e. The predicted octanol–water partition coefficient (Wildman–Crippen LogP) is 1.96. The highest BCUT2D eigenvalue weighted by Crippen LogP contribution is 2.33. The van der Waals surface area contributed by atoms with E-state index in [9.17, 15) is 5.11 Å². The highest BCUT2D eigenvalue weighted by molar-refractivity contribution is 6.33. The minimum Gasteiger partial charge on any atom is -0.396 e. The summed E-state index contributed by atoms with van der Waals surface area (Å²) in [4.78, 5) is 15.6. The van der Waals surface area contributed by atoms with Gasteiger partial charge in [0.05, 0.1) is 0 Å². The molecule has 96 valence electrons. The van der Waals surface area contributed by atoms with E-state index in [4.69, 9.17) is 11.6 Å². The van der Waals surface area contributed by atoms with Crippen LogP contribution in [0.25, 0.3) is 11.2 Å². The fourth-order valence-electron chi connectivity index (χ4n) is 2.82. The number of fused-ring (bicyclic) bond motifs is 1. The second kappa shape index (κ2) is 4.82. The molecule has 0 spiro atoms. The van der Waals surface area contributed by atoms with Crippen LogP contribution < -0.4 is 0 Å². The third-order valence-electron chi connectivity index (χ3n) is 3.80. The molecule has 2 atom stereocenters. The first-order chi connectivity index (χ1) is 8.78. The Morgan fingerprint density at radius 1 is 1.33 bits per heavy atom. The van der Waals surface area contributed by atoms with Crippen LogP contribution in [0.15, 0.2) is 6.33 Å². The van der Waals surface area contributed by atoms with E-state index < -0.39 is 0 Å². The van der Waals surface area contributed by atoms with E-state index in [1.165, 1.54) is 12.7 Å². The normalized spacial score (nSPS) is 23.9. The van der Waals surface area contributed by atoms with Crippen molar-refractivity contribution in [1.29, 1.82) is 0 Å². The number of aromatic amines is 1. The Balaban J connectivity index is 1.84. The minimum atomic E-state index is 0.269. The average Bonchev–Trinajstić information content (AvgIpc) is 2.96. The molecule has 18 heavy (non-hydrogen) atoms.